The number of carbonyl (C=O) groups excluding carboxylic acids is 1. The highest BCUT2D eigenvalue weighted by atomic mass is 19.1. The molecular weight excluding hydrogens is 557 g/mol. The van der Waals surface area contributed by atoms with Crippen LogP contribution in [0.3, 0.4) is 0 Å². The van der Waals surface area contributed by atoms with E-state index in [1.54, 1.807) is 23.2 Å². The fourth-order valence-corrected chi connectivity index (χ4v) is 6.16. The minimum atomic E-state index is -0.947. The van der Waals surface area contributed by atoms with E-state index in [1.807, 2.05) is 19.9 Å². The van der Waals surface area contributed by atoms with Crippen molar-refractivity contribution in [3.8, 4) is 5.88 Å². The third-order valence-corrected chi connectivity index (χ3v) is 8.52. The molecular formula is C31H42FN5O6. The Labute approximate surface area is 252 Å². The van der Waals surface area contributed by atoms with Crippen molar-refractivity contribution in [2.75, 3.05) is 70.7 Å². The first-order valence-electron chi connectivity index (χ1n) is 15.0. The normalized spacial score (nSPS) is 24.8. The molecule has 0 saturated carbocycles. The number of amides is 2. The van der Waals surface area contributed by atoms with E-state index in [0.29, 0.717) is 64.0 Å². The number of fused-ring (bicyclic) bond motifs is 1. The Balaban J connectivity index is 1.40. The molecule has 1 N–H and O–H groups in total. The second kappa shape index (κ2) is 14.0. The number of nitrogens with zero attached hydrogens (tertiary/aromatic N) is 5. The number of aromatic nitrogens is 1. The molecule has 0 unspecified atom stereocenters. The van der Waals surface area contributed by atoms with Crippen LogP contribution >= 0.6 is 0 Å². The molecule has 11 nitrogen and oxygen atoms in total. The van der Waals surface area contributed by atoms with Crippen LogP contribution in [0, 0.1) is 5.82 Å². The van der Waals surface area contributed by atoms with Gasteiger partial charge in [0.05, 0.1) is 32.4 Å². The monoisotopic (exact) mass is 599 g/mol. The first-order valence-corrected chi connectivity index (χ1v) is 15.0. The highest BCUT2D eigenvalue weighted by molar-refractivity contribution is 5.97. The average Bonchev–Trinajstić information content (AvgIpc) is 2.99. The number of ether oxygens (including phenoxy) is 3. The molecule has 2 saturated heterocycles. The first kappa shape index (κ1) is 31.1. The summed E-state index contributed by atoms with van der Waals surface area (Å²) in [5, 5.41) is 9.87. The van der Waals surface area contributed by atoms with Gasteiger partial charge < -0.3 is 24.2 Å². The smallest absolute Gasteiger partial charge is 0.407 e. The van der Waals surface area contributed by atoms with Gasteiger partial charge in [-0.2, -0.15) is 0 Å². The average molecular weight is 600 g/mol. The summed E-state index contributed by atoms with van der Waals surface area (Å²) >= 11 is 0. The lowest BCUT2D eigenvalue weighted by Gasteiger charge is -2.47. The van der Waals surface area contributed by atoms with E-state index in [9.17, 15) is 19.1 Å². The highest BCUT2D eigenvalue weighted by Gasteiger charge is 2.40. The van der Waals surface area contributed by atoms with E-state index in [-0.39, 0.29) is 49.0 Å². The number of benzene rings is 1. The zero-order valence-corrected chi connectivity index (χ0v) is 25.2. The van der Waals surface area contributed by atoms with E-state index < -0.39 is 6.09 Å². The number of hydrogen-bond donors (Lipinski definition) is 1. The minimum absolute atomic E-state index is 0.117. The zero-order chi connectivity index (χ0) is 30.5. The van der Waals surface area contributed by atoms with E-state index in [2.05, 4.69) is 21.7 Å². The highest BCUT2D eigenvalue weighted by Crippen LogP contribution is 2.34. The Kier molecular flexibility index (Phi) is 10.1. The number of halogens is 1. The maximum atomic E-state index is 14.3. The summed E-state index contributed by atoms with van der Waals surface area (Å²) in [7, 11) is 0. The van der Waals surface area contributed by atoms with Crippen molar-refractivity contribution in [1.29, 1.82) is 0 Å². The molecule has 0 bridgehead atoms. The van der Waals surface area contributed by atoms with Crippen molar-refractivity contribution in [3.63, 3.8) is 0 Å². The summed E-state index contributed by atoms with van der Waals surface area (Å²) in [4.78, 5) is 38.5. The van der Waals surface area contributed by atoms with Crippen LogP contribution in [0.25, 0.3) is 0 Å². The molecule has 3 aliphatic rings. The van der Waals surface area contributed by atoms with Crippen LogP contribution in [-0.4, -0.2) is 127 Å². The van der Waals surface area contributed by atoms with Gasteiger partial charge in [-0.15, -0.1) is 0 Å². The molecule has 0 aliphatic carbocycles. The molecule has 5 rings (SSSR count). The van der Waals surface area contributed by atoms with E-state index >= 15 is 0 Å². The standard InChI is InChI=1S/C31H42FN5O6/c1-4-41-19-27-20-43-30-28(12-24(13-33-30)11-23-5-7-25(32)8-6-23)37(27)29(38)17-35-14-21(2)36(31(39)40)16-26(35)15-34-9-10-42-18-22(34)3/h5-8,12-13,21-22,26-27H,4,9-11,14-20H2,1-3H3,(H,39,40)/t21-,22-,26+,27+/m1/s1. The number of carboxylic acid groups (broad SMARTS) is 1. The van der Waals surface area contributed by atoms with Crippen molar-refractivity contribution in [3.05, 3.63) is 53.5 Å². The van der Waals surface area contributed by atoms with Crippen molar-refractivity contribution in [1.82, 2.24) is 19.7 Å². The van der Waals surface area contributed by atoms with Crippen molar-refractivity contribution in [2.45, 2.75) is 51.4 Å². The molecule has 234 valence electrons. The van der Waals surface area contributed by atoms with Gasteiger partial charge in [0, 0.05) is 57.1 Å². The van der Waals surface area contributed by atoms with E-state index in [1.165, 1.54) is 17.0 Å². The molecule has 1 aromatic carbocycles. The van der Waals surface area contributed by atoms with Crippen molar-refractivity contribution in [2.24, 2.45) is 0 Å². The molecule has 4 atom stereocenters. The topological polar surface area (TPSA) is 108 Å². The third kappa shape index (κ3) is 7.43. The van der Waals surface area contributed by atoms with Gasteiger partial charge >= 0.3 is 6.09 Å². The lowest BCUT2D eigenvalue weighted by atomic mass is 10.0. The molecule has 12 heteroatoms. The fourth-order valence-electron chi connectivity index (χ4n) is 6.16. The van der Waals surface area contributed by atoms with Crippen LogP contribution in [0.2, 0.25) is 0 Å². The van der Waals surface area contributed by atoms with Gasteiger partial charge in [0.2, 0.25) is 11.8 Å². The Morgan fingerprint density at radius 2 is 1.86 bits per heavy atom. The number of pyridine rings is 1. The van der Waals surface area contributed by atoms with Crippen molar-refractivity contribution >= 4 is 17.7 Å². The molecule has 0 radical (unpaired) electrons. The van der Waals surface area contributed by atoms with Gasteiger partial charge in [0.25, 0.3) is 0 Å². The van der Waals surface area contributed by atoms with Gasteiger partial charge in [0.15, 0.2) is 0 Å². The van der Waals surface area contributed by atoms with Crippen LogP contribution in [0.4, 0.5) is 14.9 Å². The van der Waals surface area contributed by atoms with Gasteiger partial charge in [-0.3, -0.25) is 19.5 Å². The number of anilines is 1. The maximum absolute atomic E-state index is 14.3. The number of carbonyl (C=O) groups is 2. The summed E-state index contributed by atoms with van der Waals surface area (Å²) in [6.07, 6.45) is 1.30. The van der Waals surface area contributed by atoms with Crippen LogP contribution < -0.4 is 9.64 Å². The third-order valence-electron chi connectivity index (χ3n) is 8.52. The number of rotatable bonds is 9. The van der Waals surface area contributed by atoms with Crippen LogP contribution in [0.15, 0.2) is 36.5 Å². The number of hydrogen-bond acceptors (Lipinski definition) is 8. The summed E-state index contributed by atoms with van der Waals surface area (Å²) in [6.45, 7) is 10.5. The van der Waals surface area contributed by atoms with Gasteiger partial charge in [0.1, 0.15) is 18.1 Å². The molecule has 0 spiro atoms. The summed E-state index contributed by atoms with van der Waals surface area (Å²) < 4.78 is 30.8. The van der Waals surface area contributed by atoms with Gasteiger partial charge in [-0.25, -0.2) is 14.2 Å². The summed E-state index contributed by atoms with van der Waals surface area (Å²) in [6, 6.07) is 7.68. The van der Waals surface area contributed by atoms with E-state index in [4.69, 9.17) is 14.2 Å². The molecule has 1 aromatic heterocycles. The second-order valence-corrected chi connectivity index (χ2v) is 11.6. The fraction of sp³-hybridized carbons (Fsp3) is 0.581. The first-order chi connectivity index (χ1) is 20.7. The Morgan fingerprint density at radius 1 is 1.07 bits per heavy atom. The zero-order valence-electron chi connectivity index (χ0n) is 25.2. The summed E-state index contributed by atoms with van der Waals surface area (Å²) in [5.41, 5.74) is 2.37. The molecule has 4 heterocycles. The SMILES string of the molecule is CCOC[C@H]1COc2ncc(Cc3ccc(F)cc3)cc2N1C(=O)CN1C[C@@H](C)N(C(=O)O)C[C@@H]1CN1CCOC[C@H]1C. The Morgan fingerprint density at radius 3 is 2.58 bits per heavy atom. The van der Waals surface area contributed by atoms with E-state index in [0.717, 1.165) is 17.7 Å². The quantitative estimate of drug-likeness (QED) is 0.466. The second-order valence-electron chi connectivity index (χ2n) is 11.6. The molecule has 3 aliphatic heterocycles. The molecule has 43 heavy (non-hydrogen) atoms. The lowest BCUT2D eigenvalue weighted by molar-refractivity contribution is -0.123. The van der Waals surface area contributed by atoms with Crippen molar-refractivity contribution < 1.29 is 33.3 Å². The Bertz CT molecular complexity index is 1270. The van der Waals surface area contributed by atoms with Crippen LogP contribution in [0.1, 0.15) is 31.9 Å². The van der Waals surface area contributed by atoms with Crippen LogP contribution in [-0.2, 0) is 20.7 Å². The van der Waals surface area contributed by atoms with Gasteiger partial charge in [-0.05, 0) is 56.5 Å². The molecule has 2 amide bonds. The molecule has 2 aromatic rings. The molecule has 2 fully saturated rings. The van der Waals surface area contributed by atoms with Gasteiger partial charge in [-0.1, -0.05) is 12.1 Å². The maximum Gasteiger partial charge on any atom is 0.407 e. The summed E-state index contributed by atoms with van der Waals surface area (Å²) in [5.74, 6) is -0.0335. The Hall–Kier alpha value is -3.32. The predicted octanol–water partition coefficient (Wildman–Crippen LogP) is 2.72. The number of piperazine rings is 1. The minimum Gasteiger partial charge on any atom is -0.474 e. The lowest BCUT2D eigenvalue weighted by Crippen LogP contribution is -2.64. The number of morpholine rings is 1. The predicted molar refractivity (Wildman–Crippen MR) is 158 cm³/mol. The van der Waals surface area contributed by atoms with Crippen LogP contribution in [0.5, 0.6) is 5.88 Å². The largest absolute Gasteiger partial charge is 0.474 e.